The largest absolute Gasteiger partial charge is 0.562 e. The van der Waals surface area contributed by atoms with Crippen LogP contribution in [0.2, 0.25) is 0 Å². The van der Waals surface area contributed by atoms with Crippen LogP contribution >= 0.6 is 0 Å². The Morgan fingerprint density at radius 2 is 1.86 bits per heavy atom. The number of hydrogen-bond acceptors (Lipinski definition) is 8. The summed E-state index contributed by atoms with van der Waals surface area (Å²) in [6, 6.07) is 14.4. The van der Waals surface area contributed by atoms with Crippen molar-refractivity contribution in [2.75, 3.05) is 10.6 Å². The first-order chi connectivity index (χ1) is 10.8. The number of fused-ring (bicyclic) bond motifs is 2. The van der Waals surface area contributed by atoms with Crippen LogP contribution in [0.15, 0.2) is 48.5 Å². The van der Waals surface area contributed by atoms with E-state index in [1.54, 1.807) is 24.3 Å². The average molecular weight is 298 g/mol. The van der Waals surface area contributed by atoms with Gasteiger partial charge >= 0.3 is 6.16 Å². The normalized spacial score (nSPS) is 12.8. The minimum atomic E-state index is -0.957. The van der Waals surface area contributed by atoms with E-state index in [1.165, 1.54) is 0 Å². The Kier molecular flexibility index (Phi) is 2.76. The summed E-state index contributed by atoms with van der Waals surface area (Å²) in [6.07, 6.45) is -0.957. The summed E-state index contributed by atoms with van der Waals surface area (Å²) < 4.78 is 0. The van der Waals surface area contributed by atoms with E-state index in [9.17, 15) is 4.79 Å². The lowest BCUT2D eigenvalue weighted by Crippen LogP contribution is -2.40. The van der Waals surface area contributed by atoms with Gasteiger partial charge in [0.25, 0.3) is 0 Å². The van der Waals surface area contributed by atoms with Gasteiger partial charge in [-0.1, -0.05) is 29.1 Å². The molecular weight excluding hydrogens is 288 g/mol. The van der Waals surface area contributed by atoms with E-state index in [0.717, 1.165) is 15.7 Å². The van der Waals surface area contributed by atoms with Crippen LogP contribution in [-0.2, 0) is 4.84 Å². The molecule has 1 aliphatic rings. The predicted molar refractivity (Wildman–Crippen MR) is 76.3 cm³/mol. The second-order valence-corrected chi connectivity index (χ2v) is 4.43. The van der Waals surface area contributed by atoms with Crippen molar-refractivity contribution in [1.29, 1.82) is 0 Å². The quantitative estimate of drug-likeness (QED) is 0.683. The molecule has 0 atom stereocenters. The Morgan fingerprint density at radius 3 is 2.82 bits per heavy atom. The third-order valence-corrected chi connectivity index (χ3v) is 3.06. The maximum absolute atomic E-state index is 11.9. The summed E-state index contributed by atoms with van der Waals surface area (Å²) in [6.45, 7) is 0. The highest BCUT2D eigenvalue weighted by molar-refractivity contribution is 5.75. The summed E-state index contributed by atoms with van der Waals surface area (Å²) in [5, 5.41) is 8.78. The van der Waals surface area contributed by atoms with Crippen molar-refractivity contribution in [2.24, 2.45) is 0 Å². The maximum Gasteiger partial charge on any atom is 0.562 e. The molecule has 1 aliphatic heterocycles. The molecule has 0 aliphatic carbocycles. The second kappa shape index (κ2) is 4.90. The maximum atomic E-state index is 11.9. The molecule has 0 saturated carbocycles. The highest BCUT2D eigenvalue weighted by Crippen LogP contribution is 2.28. The van der Waals surface area contributed by atoms with E-state index in [1.807, 2.05) is 24.3 Å². The monoisotopic (exact) mass is 298 g/mol. The van der Waals surface area contributed by atoms with Crippen molar-refractivity contribution in [3.8, 4) is 0 Å². The van der Waals surface area contributed by atoms with Crippen LogP contribution in [0.25, 0.3) is 11.0 Å². The molecule has 0 spiro atoms. The topological polar surface area (TPSA) is 93.5 Å². The van der Waals surface area contributed by atoms with Gasteiger partial charge in [0, 0.05) is 0 Å². The third kappa shape index (κ3) is 2.05. The fourth-order valence-corrected chi connectivity index (χ4v) is 2.08. The van der Waals surface area contributed by atoms with Gasteiger partial charge in [0.15, 0.2) is 0 Å². The van der Waals surface area contributed by atoms with Crippen molar-refractivity contribution in [1.82, 2.24) is 20.7 Å². The molecule has 2 heterocycles. The predicted octanol–water partition coefficient (Wildman–Crippen LogP) is 1.26. The van der Waals surface area contributed by atoms with E-state index in [-0.39, 0.29) is 0 Å². The highest BCUT2D eigenvalue weighted by Gasteiger charge is 2.23. The van der Waals surface area contributed by atoms with Crippen LogP contribution in [0.4, 0.5) is 16.2 Å². The Bertz CT molecular complexity index is 848. The number of carbonyl (C=O) groups is 1. The Balaban J connectivity index is 1.50. The lowest BCUT2D eigenvalue weighted by Gasteiger charge is -2.15. The highest BCUT2D eigenvalue weighted by atomic mass is 16.9. The van der Waals surface area contributed by atoms with E-state index in [2.05, 4.69) is 21.3 Å². The molecule has 4 rings (SSSR count). The van der Waals surface area contributed by atoms with Crippen LogP contribution in [0.3, 0.4) is 0 Å². The number of para-hydroxylation sites is 3. The summed E-state index contributed by atoms with van der Waals surface area (Å²) in [5.74, 6) is 0. The van der Waals surface area contributed by atoms with E-state index >= 15 is 0 Å². The van der Waals surface area contributed by atoms with E-state index in [0.29, 0.717) is 16.7 Å². The van der Waals surface area contributed by atoms with Crippen LogP contribution < -0.4 is 21.0 Å². The van der Waals surface area contributed by atoms with Crippen molar-refractivity contribution >= 4 is 28.6 Å². The molecule has 2 aromatic carbocycles. The lowest BCUT2D eigenvalue weighted by atomic mass is 10.3. The standard InChI is InChI=1S/C13H10N6O3/c20-13(21-18-11-7-3-1-5-9(11)14-16-18)22-19-12-8-4-2-6-10(12)15-17-19/h1-8,14,16H. The van der Waals surface area contributed by atoms with E-state index < -0.39 is 6.16 Å². The summed E-state index contributed by atoms with van der Waals surface area (Å²) in [4.78, 5) is 23.0. The Hall–Kier alpha value is -3.33. The van der Waals surface area contributed by atoms with Gasteiger partial charge < -0.3 is 0 Å². The van der Waals surface area contributed by atoms with Crippen molar-refractivity contribution in [3.05, 3.63) is 48.5 Å². The van der Waals surface area contributed by atoms with Gasteiger partial charge in [-0.25, -0.2) is 0 Å². The Labute approximate surface area is 123 Å². The molecule has 0 amide bonds. The van der Waals surface area contributed by atoms with Crippen molar-refractivity contribution in [3.63, 3.8) is 0 Å². The first-order valence-corrected chi connectivity index (χ1v) is 6.43. The number of rotatable bonds is 2. The number of hydrazine groups is 2. The number of hydrogen-bond donors (Lipinski definition) is 2. The molecule has 9 heteroatoms. The molecule has 0 bridgehead atoms. The minimum absolute atomic E-state index is 0.562. The minimum Gasteiger partial charge on any atom is -0.299 e. The molecular formula is C13H10N6O3. The van der Waals surface area contributed by atoms with E-state index in [4.69, 9.17) is 9.68 Å². The van der Waals surface area contributed by atoms with Crippen LogP contribution in [0.1, 0.15) is 0 Å². The number of nitrogens with zero attached hydrogens (tertiary/aromatic N) is 4. The lowest BCUT2D eigenvalue weighted by molar-refractivity contribution is 0.0265. The first-order valence-electron chi connectivity index (χ1n) is 6.43. The van der Waals surface area contributed by atoms with Gasteiger partial charge in [-0.3, -0.25) is 15.1 Å². The molecule has 22 heavy (non-hydrogen) atoms. The molecule has 0 saturated heterocycles. The summed E-state index contributed by atoms with van der Waals surface area (Å²) in [5.41, 5.74) is 8.15. The number of benzene rings is 2. The smallest absolute Gasteiger partial charge is 0.299 e. The second-order valence-electron chi connectivity index (χ2n) is 4.43. The van der Waals surface area contributed by atoms with Crippen LogP contribution in [0, 0.1) is 0 Å². The van der Waals surface area contributed by atoms with Crippen LogP contribution in [0.5, 0.6) is 0 Å². The number of aromatic nitrogens is 3. The van der Waals surface area contributed by atoms with Crippen molar-refractivity contribution < 1.29 is 14.5 Å². The third-order valence-electron chi connectivity index (χ3n) is 3.06. The molecule has 3 aromatic rings. The number of nitrogens with one attached hydrogen (secondary N) is 2. The zero-order valence-corrected chi connectivity index (χ0v) is 11.1. The first kappa shape index (κ1) is 12.4. The molecule has 0 radical (unpaired) electrons. The van der Waals surface area contributed by atoms with Gasteiger partial charge in [0.2, 0.25) is 0 Å². The average Bonchev–Trinajstić information content (AvgIpc) is 3.13. The summed E-state index contributed by atoms with van der Waals surface area (Å²) >= 11 is 0. The molecule has 1 aromatic heterocycles. The number of carbonyl (C=O) groups excluding carboxylic acids is 1. The van der Waals surface area contributed by atoms with Gasteiger partial charge in [0.1, 0.15) is 16.7 Å². The molecule has 0 unspecified atom stereocenters. The zero-order valence-electron chi connectivity index (χ0n) is 11.1. The zero-order chi connectivity index (χ0) is 14.9. The van der Waals surface area contributed by atoms with Crippen LogP contribution in [-0.4, -0.2) is 21.3 Å². The molecule has 110 valence electrons. The van der Waals surface area contributed by atoms with Gasteiger partial charge in [-0.2, -0.15) is 4.79 Å². The molecule has 0 fully saturated rings. The number of anilines is 2. The van der Waals surface area contributed by atoms with Gasteiger partial charge in [-0.15, -0.1) is 15.8 Å². The fraction of sp³-hybridized carbons (Fsp3) is 0. The Morgan fingerprint density at radius 1 is 1.05 bits per heavy atom. The van der Waals surface area contributed by atoms with Crippen molar-refractivity contribution in [2.45, 2.75) is 0 Å². The molecule has 2 N–H and O–H groups in total. The SMILES string of the molecule is O=C(ON1NNc2ccccc21)On1nnc2ccccc21. The van der Waals surface area contributed by atoms with Gasteiger partial charge in [-0.05, 0) is 29.5 Å². The summed E-state index contributed by atoms with van der Waals surface area (Å²) in [7, 11) is 0. The molecule has 9 nitrogen and oxygen atoms in total. The fourth-order valence-electron chi connectivity index (χ4n) is 2.08. The van der Waals surface area contributed by atoms with Gasteiger partial charge in [0.05, 0.1) is 5.69 Å².